The number of likely N-dealkylation sites (tertiary alicyclic amines) is 1. The predicted octanol–water partition coefficient (Wildman–Crippen LogP) is 2.42. The molecule has 43 heavy (non-hydrogen) atoms. The Morgan fingerprint density at radius 2 is 1.65 bits per heavy atom. The number of hydrogen-bond acceptors (Lipinski definition) is 7. The lowest BCUT2D eigenvalue weighted by Crippen LogP contribution is -2.60. The number of nitrogens with zero attached hydrogens (tertiary/aromatic N) is 2. The maximum atomic E-state index is 14.1. The van der Waals surface area contributed by atoms with Crippen LogP contribution in [0.3, 0.4) is 0 Å². The summed E-state index contributed by atoms with van der Waals surface area (Å²) in [5.74, 6) is -6.05. The van der Waals surface area contributed by atoms with E-state index >= 15 is 0 Å². The first kappa shape index (κ1) is 28.1. The van der Waals surface area contributed by atoms with E-state index in [0.717, 1.165) is 15.2 Å². The van der Waals surface area contributed by atoms with Crippen molar-refractivity contribution < 1.29 is 34.3 Å². The minimum Gasteiger partial charge on any atom is -0.507 e. The molecule has 3 aromatic carbocycles. The number of amides is 4. The van der Waals surface area contributed by atoms with Gasteiger partial charge < -0.3 is 15.2 Å². The second-order valence-corrected chi connectivity index (χ2v) is 12.9. The number of aromatic hydroxyl groups is 1. The minimum atomic E-state index is -2.01. The molecule has 0 unspecified atom stereocenters. The van der Waals surface area contributed by atoms with Gasteiger partial charge in [0.15, 0.2) is 9.75 Å². The molecule has 0 bridgehead atoms. The van der Waals surface area contributed by atoms with Crippen LogP contribution in [0.4, 0.5) is 5.69 Å². The van der Waals surface area contributed by atoms with Crippen LogP contribution in [0.15, 0.2) is 72.3 Å². The number of carbonyl (C=O) groups is 4. The zero-order valence-corrected chi connectivity index (χ0v) is 24.3. The molecule has 6 atom stereocenters. The molecule has 0 spiro atoms. The molecule has 2 heterocycles. The smallest absolute Gasteiger partial charge is 0.488 e. The Bertz CT molecular complexity index is 1810. The lowest BCUT2D eigenvalue weighted by atomic mass is 9.56. The molecule has 3 fully saturated rings. The second kappa shape index (κ2) is 9.40. The normalized spacial score (nSPS) is 31.7. The van der Waals surface area contributed by atoms with E-state index in [1.54, 1.807) is 30.3 Å². The standard InChI is InChI=1S/C31H25BCl2N2O7/c1-35-28(40)30(33)14-22-19(24(31(30,34)29(35)41)21-10-9-15-5-2-3-8-18(15)25(21)37)11-12-20-23(22)27(39)36(26(20)38)17-7-4-6-16(13-17)32(42)43/h2-11,13,20,22-24,37,42-43H,12,14H2,1H3/t20-,22+,23-,24+,30+,31-/m0/s1. The zero-order valence-electron chi connectivity index (χ0n) is 22.8. The van der Waals surface area contributed by atoms with Crippen LogP contribution in [-0.2, 0) is 19.2 Å². The number of allylic oxidation sites excluding steroid dienone is 2. The molecule has 2 saturated heterocycles. The summed E-state index contributed by atoms with van der Waals surface area (Å²) < 4.78 is 0. The van der Waals surface area contributed by atoms with E-state index < -0.39 is 64.2 Å². The summed E-state index contributed by atoms with van der Waals surface area (Å²) in [6.45, 7) is 0. The maximum absolute atomic E-state index is 14.1. The lowest BCUT2D eigenvalue weighted by Gasteiger charge is -2.50. The summed E-state index contributed by atoms with van der Waals surface area (Å²) in [4.78, 5) is 53.2. The third kappa shape index (κ3) is 3.55. The Morgan fingerprint density at radius 1 is 0.907 bits per heavy atom. The Balaban J connectivity index is 1.40. The van der Waals surface area contributed by atoms with Gasteiger partial charge in [-0.15, -0.1) is 23.2 Å². The van der Waals surface area contributed by atoms with Gasteiger partial charge in [-0.2, -0.15) is 0 Å². The summed E-state index contributed by atoms with van der Waals surface area (Å²) >= 11 is 14.4. The van der Waals surface area contributed by atoms with Crippen molar-refractivity contribution in [3.63, 3.8) is 0 Å². The number of fused-ring (bicyclic) bond motifs is 5. The Labute approximate surface area is 256 Å². The van der Waals surface area contributed by atoms with Crippen molar-refractivity contribution in [1.29, 1.82) is 0 Å². The molecule has 218 valence electrons. The minimum absolute atomic E-state index is 0.112. The van der Waals surface area contributed by atoms with Crippen molar-refractivity contribution in [2.45, 2.75) is 28.5 Å². The first-order chi connectivity index (χ1) is 20.4. The maximum Gasteiger partial charge on any atom is 0.488 e. The fourth-order valence-corrected chi connectivity index (χ4v) is 8.68. The van der Waals surface area contributed by atoms with Crippen LogP contribution in [0.1, 0.15) is 24.3 Å². The van der Waals surface area contributed by atoms with Crippen molar-refractivity contribution in [2.75, 3.05) is 11.9 Å². The van der Waals surface area contributed by atoms with Crippen LogP contribution < -0.4 is 10.4 Å². The molecular formula is C31H25BCl2N2O7. The lowest BCUT2D eigenvalue weighted by molar-refractivity contribution is -0.138. The van der Waals surface area contributed by atoms with E-state index in [9.17, 15) is 34.3 Å². The highest BCUT2D eigenvalue weighted by atomic mass is 35.5. The first-order valence-corrected chi connectivity index (χ1v) is 14.6. The largest absolute Gasteiger partial charge is 0.507 e. The molecule has 12 heteroatoms. The highest BCUT2D eigenvalue weighted by Gasteiger charge is 2.76. The average molecular weight is 619 g/mol. The van der Waals surface area contributed by atoms with Gasteiger partial charge in [0.2, 0.25) is 11.8 Å². The highest BCUT2D eigenvalue weighted by molar-refractivity contribution is 6.58. The molecule has 4 amide bonds. The van der Waals surface area contributed by atoms with E-state index in [1.807, 2.05) is 12.1 Å². The fraction of sp³-hybridized carbons (Fsp3) is 0.290. The van der Waals surface area contributed by atoms with Crippen molar-refractivity contribution in [3.8, 4) is 5.75 Å². The number of imide groups is 2. The van der Waals surface area contributed by atoms with Gasteiger partial charge in [0.05, 0.1) is 17.5 Å². The molecular weight excluding hydrogens is 594 g/mol. The zero-order chi connectivity index (χ0) is 30.6. The van der Waals surface area contributed by atoms with Gasteiger partial charge in [0.1, 0.15) is 5.75 Å². The Hall–Kier alpha value is -3.70. The highest BCUT2D eigenvalue weighted by Crippen LogP contribution is 2.66. The summed E-state index contributed by atoms with van der Waals surface area (Å²) in [5.41, 5.74) is 1.16. The molecule has 0 aromatic heterocycles. The summed E-state index contributed by atoms with van der Waals surface area (Å²) in [7, 11) is -0.489. The molecule has 7 rings (SSSR count). The number of phenolic OH excluding ortho intramolecular Hbond substituents is 1. The second-order valence-electron chi connectivity index (χ2n) is 11.7. The molecule has 9 nitrogen and oxygen atoms in total. The van der Waals surface area contributed by atoms with Gasteiger partial charge in [0.25, 0.3) is 11.8 Å². The van der Waals surface area contributed by atoms with Crippen LogP contribution in [0, 0.1) is 17.8 Å². The molecule has 0 radical (unpaired) electrons. The average Bonchev–Trinajstić information content (AvgIpc) is 3.33. The molecule has 2 aliphatic heterocycles. The monoisotopic (exact) mass is 618 g/mol. The van der Waals surface area contributed by atoms with Gasteiger partial charge in [0, 0.05) is 23.9 Å². The van der Waals surface area contributed by atoms with E-state index in [2.05, 4.69) is 0 Å². The van der Waals surface area contributed by atoms with Gasteiger partial charge in [-0.25, -0.2) is 0 Å². The number of benzene rings is 3. The molecule has 3 N–H and O–H groups in total. The van der Waals surface area contributed by atoms with E-state index in [0.29, 0.717) is 16.5 Å². The van der Waals surface area contributed by atoms with Crippen LogP contribution >= 0.6 is 23.2 Å². The number of hydrogen-bond donors (Lipinski definition) is 3. The Morgan fingerprint density at radius 3 is 2.40 bits per heavy atom. The van der Waals surface area contributed by atoms with Crippen molar-refractivity contribution >= 4 is 75.9 Å². The van der Waals surface area contributed by atoms with Gasteiger partial charge in [-0.05, 0) is 41.7 Å². The van der Waals surface area contributed by atoms with Crippen LogP contribution in [0.5, 0.6) is 5.75 Å². The summed E-state index contributed by atoms with van der Waals surface area (Å²) in [6.07, 6.45) is 1.78. The molecule has 4 aliphatic rings. The molecule has 2 aliphatic carbocycles. The topological polar surface area (TPSA) is 135 Å². The van der Waals surface area contributed by atoms with E-state index in [1.165, 1.54) is 31.3 Å². The van der Waals surface area contributed by atoms with E-state index in [4.69, 9.17) is 23.2 Å². The number of alkyl halides is 2. The third-order valence-corrected chi connectivity index (χ3v) is 11.1. The summed E-state index contributed by atoms with van der Waals surface area (Å²) in [6, 6.07) is 16.5. The van der Waals surface area contributed by atoms with Crippen molar-refractivity contribution in [2.24, 2.45) is 17.8 Å². The quantitative estimate of drug-likeness (QED) is 0.178. The number of halogens is 2. The first-order valence-electron chi connectivity index (χ1n) is 13.9. The van der Waals surface area contributed by atoms with Crippen molar-refractivity contribution in [1.82, 2.24) is 4.90 Å². The van der Waals surface area contributed by atoms with Crippen LogP contribution in [0.25, 0.3) is 10.8 Å². The van der Waals surface area contributed by atoms with Crippen LogP contribution in [-0.4, -0.2) is 67.6 Å². The molecule has 1 saturated carbocycles. The SMILES string of the molecule is CN1C(=O)[C@]2(Cl)C[C@@H]3C(=CC[C@@H]4C(=O)N(c5cccc(B(O)O)c5)C(=O)[C@@H]43)[C@H](c3ccc4ccccc4c3O)[C@]2(Cl)C1=O. The van der Waals surface area contributed by atoms with Gasteiger partial charge in [-0.3, -0.25) is 29.0 Å². The summed E-state index contributed by atoms with van der Waals surface area (Å²) in [5, 5.41) is 32.2. The third-order valence-electron chi connectivity index (χ3n) is 9.68. The number of phenols is 1. The van der Waals surface area contributed by atoms with Crippen molar-refractivity contribution in [3.05, 3.63) is 77.9 Å². The van der Waals surface area contributed by atoms with Gasteiger partial charge in [-0.1, -0.05) is 60.2 Å². The fourth-order valence-electron chi connectivity index (χ4n) is 7.67. The van der Waals surface area contributed by atoms with Crippen LogP contribution in [0.2, 0.25) is 0 Å². The van der Waals surface area contributed by atoms with Gasteiger partial charge >= 0.3 is 7.12 Å². The Kier molecular flexibility index (Phi) is 6.14. The van der Waals surface area contributed by atoms with E-state index in [-0.39, 0.29) is 29.7 Å². The molecule has 3 aromatic rings. The predicted molar refractivity (Wildman–Crippen MR) is 160 cm³/mol. The number of anilines is 1. The number of rotatable bonds is 3. The number of carbonyl (C=O) groups excluding carboxylic acids is 4.